The number of rotatable bonds is 6. The van der Waals surface area contributed by atoms with Gasteiger partial charge in [0, 0.05) is 6.42 Å². The fourth-order valence-corrected chi connectivity index (χ4v) is 2.27. The van der Waals surface area contributed by atoms with Crippen molar-refractivity contribution in [2.24, 2.45) is 0 Å². The summed E-state index contributed by atoms with van der Waals surface area (Å²) in [7, 11) is 0. The van der Waals surface area contributed by atoms with Gasteiger partial charge in [-0.05, 0) is 13.3 Å². The summed E-state index contributed by atoms with van der Waals surface area (Å²) in [5.41, 5.74) is 0. The Hall–Kier alpha value is -1.83. The average molecular weight is 280 g/mol. The Morgan fingerprint density at radius 3 is 3.05 bits per heavy atom. The highest BCUT2D eigenvalue weighted by atomic mass is 32.1. The van der Waals surface area contributed by atoms with Crippen molar-refractivity contribution in [2.45, 2.75) is 39.2 Å². The molecule has 1 atom stereocenters. The van der Waals surface area contributed by atoms with E-state index in [0.29, 0.717) is 5.13 Å². The summed E-state index contributed by atoms with van der Waals surface area (Å²) in [4.78, 5) is 15.8. The van der Waals surface area contributed by atoms with Crippen molar-refractivity contribution in [3.8, 4) is 0 Å². The minimum atomic E-state index is -0.425. The largest absolute Gasteiger partial charge is 0.299 e. The number of aromatic nitrogens is 5. The lowest BCUT2D eigenvalue weighted by Gasteiger charge is -2.09. The molecule has 1 N–H and O–H groups in total. The number of hydrogen-bond acceptors (Lipinski definition) is 6. The van der Waals surface area contributed by atoms with Crippen molar-refractivity contribution in [3.63, 3.8) is 0 Å². The Bertz CT molecular complexity index is 523. The molecule has 2 aromatic rings. The van der Waals surface area contributed by atoms with E-state index in [4.69, 9.17) is 0 Å². The van der Waals surface area contributed by atoms with Crippen LogP contribution in [0.5, 0.6) is 0 Å². The maximum absolute atomic E-state index is 12.0. The second-order valence-corrected chi connectivity index (χ2v) is 5.21. The molecule has 2 aromatic heterocycles. The highest BCUT2D eigenvalue weighted by molar-refractivity contribution is 7.15. The summed E-state index contributed by atoms with van der Waals surface area (Å²) in [5, 5.41) is 16.2. The Kier molecular flexibility index (Phi) is 4.56. The SMILES string of the molecule is CCCCc1nnc(NC(=O)C(C)n2cncn2)s1. The van der Waals surface area contributed by atoms with Crippen molar-refractivity contribution in [2.75, 3.05) is 5.32 Å². The third-order valence-corrected chi connectivity index (χ3v) is 3.55. The van der Waals surface area contributed by atoms with Gasteiger partial charge in [-0.1, -0.05) is 24.7 Å². The molecule has 0 aliphatic carbocycles. The molecular formula is C11H16N6OS. The molecule has 0 bridgehead atoms. The number of carbonyl (C=O) groups excluding carboxylic acids is 1. The second kappa shape index (κ2) is 6.37. The minimum Gasteiger partial charge on any atom is -0.299 e. The number of hydrogen-bond donors (Lipinski definition) is 1. The Balaban J connectivity index is 1.93. The quantitative estimate of drug-likeness (QED) is 0.870. The number of nitrogens with one attached hydrogen (secondary N) is 1. The molecule has 7 nitrogen and oxygen atoms in total. The topological polar surface area (TPSA) is 85.6 Å². The summed E-state index contributed by atoms with van der Waals surface area (Å²) >= 11 is 1.42. The van der Waals surface area contributed by atoms with E-state index in [1.807, 2.05) is 0 Å². The highest BCUT2D eigenvalue weighted by Crippen LogP contribution is 2.18. The van der Waals surface area contributed by atoms with Gasteiger partial charge >= 0.3 is 0 Å². The Morgan fingerprint density at radius 2 is 2.37 bits per heavy atom. The van der Waals surface area contributed by atoms with Crippen LogP contribution < -0.4 is 5.32 Å². The molecule has 0 aliphatic rings. The molecule has 102 valence electrons. The monoisotopic (exact) mass is 280 g/mol. The molecule has 2 rings (SSSR count). The molecule has 8 heteroatoms. The Morgan fingerprint density at radius 1 is 1.53 bits per heavy atom. The molecule has 2 heterocycles. The van der Waals surface area contributed by atoms with Crippen LogP contribution in [0.4, 0.5) is 5.13 Å². The van der Waals surface area contributed by atoms with Crippen LogP contribution in [0.25, 0.3) is 0 Å². The normalized spacial score (nSPS) is 12.3. The fourth-order valence-electron chi connectivity index (χ4n) is 1.48. The molecule has 0 saturated carbocycles. The zero-order chi connectivity index (χ0) is 13.7. The number of anilines is 1. The van der Waals surface area contributed by atoms with Gasteiger partial charge in [0.1, 0.15) is 23.7 Å². The average Bonchev–Trinajstić information content (AvgIpc) is 3.06. The van der Waals surface area contributed by atoms with E-state index >= 15 is 0 Å². The van der Waals surface area contributed by atoms with Gasteiger partial charge in [-0.3, -0.25) is 10.1 Å². The third kappa shape index (κ3) is 3.57. The van der Waals surface area contributed by atoms with E-state index < -0.39 is 6.04 Å². The van der Waals surface area contributed by atoms with Crippen molar-refractivity contribution in [1.82, 2.24) is 25.0 Å². The van der Waals surface area contributed by atoms with Gasteiger partial charge in [0.25, 0.3) is 5.91 Å². The number of carbonyl (C=O) groups is 1. The molecule has 0 saturated heterocycles. The molecular weight excluding hydrogens is 264 g/mol. The molecule has 0 fully saturated rings. The lowest BCUT2D eigenvalue weighted by Crippen LogP contribution is -2.23. The molecule has 0 aliphatic heterocycles. The second-order valence-electron chi connectivity index (χ2n) is 4.15. The zero-order valence-electron chi connectivity index (χ0n) is 10.9. The Labute approximate surface area is 115 Å². The molecule has 0 spiro atoms. The lowest BCUT2D eigenvalue weighted by atomic mass is 10.3. The van der Waals surface area contributed by atoms with Crippen molar-refractivity contribution < 1.29 is 4.79 Å². The molecule has 19 heavy (non-hydrogen) atoms. The predicted octanol–water partition coefficient (Wildman–Crippen LogP) is 1.67. The first-order chi connectivity index (χ1) is 9.20. The van der Waals surface area contributed by atoms with Gasteiger partial charge in [0.15, 0.2) is 0 Å². The molecule has 1 amide bonds. The van der Waals surface area contributed by atoms with Crippen LogP contribution in [0.1, 0.15) is 37.7 Å². The van der Waals surface area contributed by atoms with Crippen LogP contribution in [0.15, 0.2) is 12.7 Å². The van der Waals surface area contributed by atoms with Crippen molar-refractivity contribution in [1.29, 1.82) is 0 Å². The summed E-state index contributed by atoms with van der Waals surface area (Å²) in [6.07, 6.45) is 6.01. The van der Waals surface area contributed by atoms with Gasteiger partial charge in [0.2, 0.25) is 5.13 Å². The first kappa shape index (κ1) is 13.6. The number of aryl methyl sites for hydroxylation is 1. The summed E-state index contributed by atoms with van der Waals surface area (Å²) < 4.78 is 1.49. The zero-order valence-corrected chi connectivity index (χ0v) is 11.7. The lowest BCUT2D eigenvalue weighted by molar-refractivity contribution is -0.119. The highest BCUT2D eigenvalue weighted by Gasteiger charge is 2.17. The fraction of sp³-hybridized carbons (Fsp3) is 0.545. The molecule has 0 radical (unpaired) electrons. The molecule has 1 unspecified atom stereocenters. The third-order valence-electron chi connectivity index (χ3n) is 2.65. The summed E-state index contributed by atoms with van der Waals surface area (Å²) in [6, 6.07) is -0.425. The molecule has 0 aromatic carbocycles. The van der Waals surface area contributed by atoms with E-state index in [0.717, 1.165) is 24.3 Å². The van der Waals surface area contributed by atoms with Gasteiger partial charge in [-0.15, -0.1) is 10.2 Å². The van der Waals surface area contributed by atoms with Crippen LogP contribution in [-0.2, 0) is 11.2 Å². The van der Waals surface area contributed by atoms with E-state index in [9.17, 15) is 4.79 Å². The smallest absolute Gasteiger partial charge is 0.250 e. The first-order valence-electron chi connectivity index (χ1n) is 6.18. The minimum absolute atomic E-state index is 0.177. The number of unbranched alkanes of at least 4 members (excludes halogenated alkanes) is 1. The van der Waals surface area contributed by atoms with Gasteiger partial charge in [-0.2, -0.15) is 5.10 Å². The van der Waals surface area contributed by atoms with E-state index in [1.165, 1.54) is 28.7 Å². The first-order valence-corrected chi connectivity index (χ1v) is 6.99. The van der Waals surface area contributed by atoms with E-state index in [-0.39, 0.29) is 5.91 Å². The predicted molar refractivity (Wildman–Crippen MR) is 71.9 cm³/mol. The van der Waals surface area contributed by atoms with Crippen LogP contribution >= 0.6 is 11.3 Å². The summed E-state index contributed by atoms with van der Waals surface area (Å²) in [5.74, 6) is -0.177. The van der Waals surface area contributed by atoms with Crippen LogP contribution in [0.2, 0.25) is 0 Å². The van der Waals surface area contributed by atoms with Crippen LogP contribution in [0, 0.1) is 0 Å². The van der Waals surface area contributed by atoms with Gasteiger partial charge < -0.3 is 0 Å². The standard InChI is InChI=1S/C11H16N6OS/c1-3-4-5-9-15-16-11(19-9)14-10(18)8(2)17-7-12-6-13-17/h6-8H,3-5H2,1-2H3,(H,14,16,18). The maximum Gasteiger partial charge on any atom is 0.250 e. The summed E-state index contributed by atoms with van der Waals surface area (Å²) in [6.45, 7) is 3.88. The van der Waals surface area contributed by atoms with E-state index in [1.54, 1.807) is 6.92 Å². The van der Waals surface area contributed by atoms with Crippen LogP contribution in [-0.4, -0.2) is 30.9 Å². The number of nitrogens with zero attached hydrogens (tertiary/aromatic N) is 5. The maximum atomic E-state index is 12.0. The van der Waals surface area contributed by atoms with Crippen molar-refractivity contribution >= 4 is 22.4 Å². The van der Waals surface area contributed by atoms with Crippen molar-refractivity contribution in [3.05, 3.63) is 17.7 Å². The van der Waals surface area contributed by atoms with Gasteiger partial charge in [0.05, 0.1) is 0 Å². The van der Waals surface area contributed by atoms with E-state index in [2.05, 4.69) is 32.5 Å². The van der Waals surface area contributed by atoms with Crippen LogP contribution in [0.3, 0.4) is 0 Å². The number of amides is 1. The van der Waals surface area contributed by atoms with Gasteiger partial charge in [-0.25, -0.2) is 9.67 Å².